The Morgan fingerprint density at radius 1 is 0.947 bits per heavy atom. The highest BCUT2D eigenvalue weighted by atomic mass is 16.5. The summed E-state index contributed by atoms with van der Waals surface area (Å²) in [6.07, 6.45) is 6.27. The predicted molar refractivity (Wildman–Crippen MR) is 155 cm³/mol. The predicted octanol–water partition coefficient (Wildman–Crippen LogP) is 7.65. The van der Waals surface area contributed by atoms with Crippen LogP contribution in [0.4, 0.5) is 0 Å². The van der Waals surface area contributed by atoms with Crippen molar-refractivity contribution < 1.29 is 14.6 Å². The molecule has 38 heavy (non-hydrogen) atoms. The number of likely N-dealkylation sites (tertiary alicyclic amines) is 1. The second kappa shape index (κ2) is 11.1. The number of aryl methyl sites for hydroxylation is 1. The van der Waals surface area contributed by atoms with E-state index in [9.17, 15) is 9.90 Å². The molecule has 1 aliphatic heterocycles. The Kier molecular flexibility index (Phi) is 7.81. The third-order valence-electron chi connectivity index (χ3n) is 9.14. The molecule has 0 amide bonds. The first kappa shape index (κ1) is 26.7. The fourth-order valence-corrected chi connectivity index (χ4v) is 6.81. The van der Waals surface area contributed by atoms with Crippen molar-refractivity contribution in [1.29, 1.82) is 0 Å². The van der Waals surface area contributed by atoms with Gasteiger partial charge in [0.15, 0.2) is 0 Å². The zero-order valence-electron chi connectivity index (χ0n) is 23.5. The molecule has 0 radical (unpaired) electrons. The minimum absolute atomic E-state index is 0.0370. The molecule has 2 aliphatic rings. The van der Waals surface area contributed by atoms with Gasteiger partial charge in [0.05, 0.1) is 12.0 Å². The average Bonchev–Trinajstić information content (AvgIpc) is 3.29. The topological polar surface area (TPSA) is 49.8 Å². The molecule has 3 aromatic carbocycles. The molecule has 1 N–H and O–H groups in total. The van der Waals surface area contributed by atoms with Crippen molar-refractivity contribution in [2.24, 2.45) is 17.3 Å². The van der Waals surface area contributed by atoms with Crippen LogP contribution in [0.15, 0.2) is 60.7 Å². The zero-order valence-corrected chi connectivity index (χ0v) is 23.5. The van der Waals surface area contributed by atoms with E-state index in [1.54, 1.807) is 0 Å². The van der Waals surface area contributed by atoms with Crippen LogP contribution < -0.4 is 4.74 Å². The first-order valence-corrected chi connectivity index (χ1v) is 14.4. The number of fused-ring (bicyclic) bond motifs is 1. The van der Waals surface area contributed by atoms with Gasteiger partial charge in [0.25, 0.3) is 0 Å². The number of carboxylic acids is 1. The summed E-state index contributed by atoms with van der Waals surface area (Å²) in [5.74, 6) is 0.687. The Bertz CT molecular complexity index is 1250. The molecule has 202 valence electrons. The van der Waals surface area contributed by atoms with Crippen LogP contribution in [-0.4, -0.2) is 34.7 Å². The number of benzene rings is 3. The summed E-state index contributed by atoms with van der Waals surface area (Å²) in [6.45, 7) is 10.7. The van der Waals surface area contributed by atoms with E-state index in [-0.39, 0.29) is 18.1 Å². The number of carboxylic acid groups (broad SMARTS) is 1. The third-order valence-corrected chi connectivity index (χ3v) is 9.14. The van der Waals surface area contributed by atoms with E-state index in [4.69, 9.17) is 4.74 Å². The van der Waals surface area contributed by atoms with Crippen LogP contribution in [0.2, 0.25) is 0 Å². The molecule has 0 aromatic heterocycles. The minimum atomic E-state index is -0.686. The number of aliphatic carboxylic acids is 1. The van der Waals surface area contributed by atoms with E-state index < -0.39 is 5.97 Å². The quantitative estimate of drug-likeness (QED) is 0.352. The lowest BCUT2D eigenvalue weighted by Gasteiger charge is -2.37. The van der Waals surface area contributed by atoms with Crippen molar-refractivity contribution in [2.45, 2.75) is 84.9 Å². The SMILES string of the molecule is Cc1cc(OC2CCC(C(C)(C)C)CC2)c(CN2CCC(C(=O)O)[C@@H]2Cc2ccccc2)c2ccccc12. The number of hydrogen-bond acceptors (Lipinski definition) is 3. The van der Waals surface area contributed by atoms with E-state index in [0.29, 0.717) is 18.4 Å². The fourth-order valence-electron chi connectivity index (χ4n) is 6.81. The van der Waals surface area contributed by atoms with Crippen molar-refractivity contribution in [2.75, 3.05) is 6.54 Å². The van der Waals surface area contributed by atoms with Gasteiger partial charge < -0.3 is 9.84 Å². The number of carbonyl (C=O) groups is 1. The number of nitrogens with zero attached hydrogens (tertiary/aromatic N) is 1. The Morgan fingerprint density at radius 3 is 2.26 bits per heavy atom. The molecular weight excluding hydrogens is 470 g/mol. The van der Waals surface area contributed by atoms with Crippen molar-refractivity contribution in [3.05, 3.63) is 77.4 Å². The van der Waals surface area contributed by atoms with Crippen molar-refractivity contribution in [1.82, 2.24) is 4.90 Å². The molecule has 1 heterocycles. The smallest absolute Gasteiger partial charge is 0.308 e. The molecule has 1 aliphatic carbocycles. The average molecular weight is 514 g/mol. The zero-order chi connectivity index (χ0) is 26.9. The second-order valence-electron chi connectivity index (χ2n) is 12.6. The molecule has 0 bridgehead atoms. The molecule has 1 saturated heterocycles. The maximum absolute atomic E-state index is 12.2. The van der Waals surface area contributed by atoms with Gasteiger partial charge in [0.1, 0.15) is 5.75 Å². The van der Waals surface area contributed by atoms with Gasteiger partial charge >= 0.3 is 5.97 Å². The van der Waals surface area contributed by atoms with Crippen molar-refractivity contribution in [3.8, 4) is 5.75 Å². The van der Waals surface area contributed by atoms with Crippen LogP contribution in [0.1, 0.15) is 69.6 Å². The number of hydrogen-bond donors (Lipinski definition) is 1. The Balaban J connectivity index is 1.44. The standard InChI is InChI=1S/C34H43NO3/c1-23-20-32(38-26-16-14-25(15-17-26)34(2,3)4)30(28-13-9-8-12-27(23)28)22-35-19-18-29(33(36)37)31(35)21-24-10-6-5-7-11-24/h5-13,20,25-26,29,31H,14-19,21-22H2,1-4H3,(H,36,37)/t25?,26?,29?,31-/m0/s1. The van der Waals surface area contributed by atoms with E-state index in [0.717, 1.165) is 37.5 Å². The lowest BCUT2D eigenvalue weighted by molar-refractivity contribution is -0.142. The lowest BCUT2D eigenvalue weighted by atomic mass is 9.72. The molecule has 3 aromatic rings. The van der Waals surface area contributed by atoms with Crippen LogP contribution in [-0.2, 0) is 17.8 Å². The van der Waals surface area contributed by atoms with Crippen molar-refractivity contribution >= 4 is 16.7 Å². The molecule has 5 rings (SSSR count). The highest BCUT2D eigenvalue weighted by Crippen LogP contribution is 2.41. The second-order valence-corrected chi connectivity index (χ2v) is 12.6. The molecule has 1 saturated carbocycles. The maximum atomic E-state index is 12.2. The Labute approximate surface area is 228 Å². The summed E-state index contributed by atoms with van der Waals surface area (Å²) in [6, 6.07) is 21.1. The Morgan fingerprint density at radius 2 is 1.61 bits per heavy atom. The minimum Gasteiger partial charge on any atom is -0.490 e. The molecule has 0 spiro atoms. The molecule has 1 unspecified atom stereocenters. The monoisotopic (exact) mass is 513 g/mol. The third kappa shape index (κ3) is 5.76. The van der Waals surface area contributed by atoms with Gasteiger partial charge in [0.2, 0.25) is 0 Å². The normalized spacial score (nSPS) is 24.5. The molecule has 2 atom stereocenters. The van der Waals surface area contributed by atoms with Gasteiger partial charge in [-0.15, -0.1) is 0 Å². The summed E-state index contributed by atoms with van der Waals surface area (Å²) < 4.78 is 6.83. The van der Waals surface area contributed by atoms with Crippen LogP contribution in [0, 0.1) is 24.2 Å². The molecular formula is C34H43NO3. The molecule has 4 heteroatoms. The first-order valence-electron chi connectivity index (χ1n) is 14.4. The summed E-state index contributed by atoms with van der Waals surface area (Å²) in [7, 11) is 0. The highest BCUT2D eigenvalue weighted by Gasteiger charge is 2.39. The van der Waals surface area contributed by atoms with Crippen LogP contribution >= 0.6 is 0 Å². The van der Waals surface area contributed by atoms with E-state index in [2.05, 4.69) is 75.1 Å². The summed E-state index contributed by atoms with van der Waals surface area (Å²) in [5, 5.41) is 12.5. The van der Waals surface area contributed by atoms with E-state index >= 15 is 0 Å². The van der Waals surface area contributed by atoms with E-state index in [1.807, 2.05) is 18.2 Å². The van der Waals surface area contributed by atoms with Gasteiger partial charge in [-0.25, -0.2) is 0 Å². The van der Waals surface area contributed by atoms with E-state index in [1.165, 1.54) is 40.3 Å². The van der Waals surface area contributed by atoms with Gasteiger partial charge in [-0.1, -0.05) is 75.4 Å². The maximum Gasteiger partial charge on any atom is 0.308 e. The number of ether oxygens (including phenoxy) is 1. The molecule has 4 nitrogen and oxygen atoms in total. The van der Waals surface area contributed by atoms with Gasteiger partial charge in [-0.05, 0) is 91.3 Å². The summed E-state index contributed by atoms with van der Waals surface area (Å²) in [5.41, 5.74) is 3.97. The molecule has 2 fully saturated rings. The highest BCUT2D eigenvalue weighted by molar-refractivity contribution is 5.90. The summed E-state index contributed by atoms with van der Waals surface area (Å²) >= 11 is 0. The Hall–Kier alpha value is -2.85. The van der Waals surface area contributed by atoms with Crippen LogP contribution in [0.5, 0.6) is 5.75 Å². The largest absolute Gasteiger partial charge is 0.490 e. The fraction of sp³-hybridized carbons (Fsp3) is 0.500. The summed E-state index contributed by atoms with van der Waals surface area (Å²) in [4.78, 5) is 14.6. The lowest BCUT2D eigenvalue weighted by Crippen LogP contribution is -2.37. The number of rotatable bonds is 7. The van der Waals surface area contributed by atoms with Crippen molar-refractivity contribution in [3.63, 3.8) is 0 Å². The van der Waals surface area contributed by atoms with Gasteiger partial charge in [-0.2, -0.15) is 0 Å². The van der Waals surface area contributed by atoms with Gasteiger partial charge in [0, 0.05) is 18.2 Å². The van der Waals surface area contributed by atoms with Gasteiger partial charge in [-0.3, -0.25) is 9.69 Å². The van der Waals surface area contributed by atoms with Crippen LogP contribution in [0.3, 0.4) is 0 Å². The van der Waals surface area contributed by atoms with Crippen LogP contribution in [0.25, 0.3) is 10.8 Å². The first-order chi connectivity index (χ1) is 18.2.